The number of benzene rings is 1. The molecule has 1 N–H and O–H groups in total. The van der Waals surface area contributed by atoms with Crippen LogP contribution in [-0.4, -0.2) is 11.5 Å². The van der Waals surface area contributed by atoms with Crippen LogP contribution in [-0.2, 0) is 4.79 Å². The summed E-state index contributed by atoms with van der Waals surface area (Å²) in [7, 11) is 0. The summed E-state index contributed by atoms with van der Waals surface area (Å²) in [5.74, 6) is -1.02. The molecule has 3 nitrogen and oxygen atoms in total. The number of aliphatic carboxylic acids is 1. The molecule has 0 saturated heterocycles. The van der Waals surface area contributed by atoms with E-state index in [-0.39, 0.29) is 0 Å². The predicted octanol–water partition coefficient (Wildman–Crippen LogP) is 2.20. The fraction of sp³-hybridized carbons (Fsp3) is 0.462. The molecule has 17 heavy (non-hydrogen) atoms. The smallest absolute Gasteiger partial charge is 0.0769 e. The Morgan fingerprint density at radius 1 is 1.29 bits per heavy atom. The van der Waals surface area contributed by atoms with Gasteiger partial charge in [0.05, 0.1) is 11.5 Å². The summed E-state index contributed by atoms with van der Waals surface area (Å²) in [6.45, 7) is 0. The van der Waals surface area contributed by atoms with Crippen LogP contribution in [0.3, 0.4) is 0 Å². The maximum absolute atomic E-state index is 11.4. The number of nitrogens with one attached hydrogen (secondary N) is 1. The SMILES string of the molecule is O=C([O-])C1(Nc2cccc(Cl)c2)CCCCC1. The number of carboxylic acid groups (broad SMARTS) is 1. The maximum atomic E-state index is 11.4. The Morgan fingerprint density at radius 3 is 2.59 bits per heavy atom. The topological polar surface area (TPSA) is 52.2 Å². The molecule has 1 aromatic rings. The van der Waals surface area contributed by atoms with E-state index in [9.17, 15) is 9.90 Å². The van der Waals surface area contributed by atoms with Gasteiger partial charge in [-0.05, 0) is 31.0 Å². The van der Waals surface area contributed by atoms with Crippen molar-refractivity contribution in [1.82, 2.24) is 0 Å². The highest BCUT2D eigenvalue weighted by atomic mass is 35.5. The molecule has 1 aliphatic rings. The van der Waals surface area contributed by atoms with Crippen LogP contribution in [0.4, 0.5) is 5.69 Å². The van der Waals surface area contributed by atoms with Crippen LogP contribution < -0.4 is 10.4 Å². The number of hydrogen-bond acceptors (Lipinski definition) is 3. The summed E-state index contributed by atoms with van der Waals surface area (Å²) in [4.78, 5) is 11.4. The molecule has 1 saturated carbocycles. The third-order valence-electron chi connectivity index (χ3n) is 3.31. The Kier molecular flexibility index (Phi) is 3.57. The average Bonchev–Trinajstić information content (AvgIpc) is 2.30. The van der Waals surface area contributed by atoms with Crippen LogP contribution in [0.15, 0.2) is 24.3 Å². The van der Waals surface area contributed by atoms with Crippen molar-refractivity contribution < 1.29 is 9.90 Å². The third kappa shape index (κ3) is 2.72. The second kappa shape index (κ2) is 4.96. The van der Waals surface area contributed by atoms with E-state index < -0.39 is 11.5 Å². The fourth-order valence-corrected chi connectivity index (χ4v) is 2.57. The van der Waals surface area contributed by atoms with Gasteiger partial charge < -0.3 is 15.2 Å². The zero-order valence-corrected chi connectivity index (χ0v) is 10.3. The Balaban J connectivity index is 2.20. The number of hydrogen-bond donors (Lipinski definition) is 1. The van der Waals surface area contributed by atoms with E-state index in [1.165, 1.54) is 0 Å². The van der Waals surface area contributed by atoms with Crippen molar-refractivity contribution in [2.75, 3.05) is 5.32 Å². The molecule has 4 heteroatoms. The first-order valence-electron chi connectivity index (χ1n) is 5.88. The first-order valence-corrected chi connectivity index (χ1v) is 6.25. The highest BCUT2D eigenvalue weighted by Crippen LogP contribution is 2.31. The zero-order chi connectivity index (χ0) is 12.3. The predicted molar refractivity (Wildman–Crippen MR) is 65.9 cm³/mol. The van der Waals surface area contributed by atoms with Crippen LogP contribution >= 0.6 is 11.6 Å². The van der Waals surface area contributed by atoms with Gasteiger partial charge in [0, 0.05) is 10.7 Å². The highest BCUT2D eigenvalue weighted by Gasteiger charge is 2.33. The molecule has 0 aromatic heterocycles. The van der Waals surface area contributed by atoms with Crippen molar-refractivity contribution in [2.24, 2.45) is 0 Å². The monoisotopic (exact) mass is 252 g/mol. The second-order valence-corrected chi connectivity index (χ2v) is 5.00. The normalized spacial score (nSPS) is 18.6. The van der Waals surface area contributed by atoms with Crippen LogP contribution in [0, 0.1) is 0 Å². The van der Waals surface area contributed by atoms with Gasteiger partial charge in [0.25, 0.3) is 0 Å². The zero-order valence-electron chi connectivity index (χ0n) is 9.54. The molecule has 0 atom stereocenters. The number of rotatable bonds is 3. The molecular weight excluding hydrogens is 238 g/mol. The van der Waals surface area contributed by atoms with Gasteiger partial charge in [-0.15, -0.1) is 0 Å². The molecule has 1 fully saturated rings. The van der Waals surface area contributed by atoms with Crippen LogP contribution in [0.2, 0.25) is 5.02 Å². The first-order chi connectivity index (χ1) is 8.12. The largest absolute Gasteiger partial charge is 0.548 e. The van der Waals surface area contributed by atoms with Crippen molar-refractivity contribution in [1.29, 1.82) is 0 Å². The fourth-order valence-electron chi connectivity index (χ4n) is 2.38. The summed E-state index contributed by atoms with van der Waals surface area (Å²) in [6, 6.07) is 7.13. The molecule has 0 heterocycles. The molecule has 2 rings (SSSR count). The van der Waals surface area contributed by atoms with E-state index in [0.29, 0.717) is 17.9 Å². The number of carbonyl (C=O) groups is 1. The Bertz CT molecular complexity index is 414. The number of carbonyl (C=O) groups excluding carboxylic acids is 1. The molecule has 1 aliphatic carbocycles. The van der Waals surface area contributed by atoms with E-state index in [2.05, 4.69) is 5.32 Å². The summed E-state index contributed by atoms with van der Waals surface area (Å²) in [5, 5.41) is 15.0. The molecule has 92 valence electrons. The van der Waals surface area contributed by atoms with E-state index in [1.807, 2.05) is 6.07 Å². The molecule has 0 unspecified atom stereocenters. The lowest BCUT2D eigenvalue weighted by molar-refractivity contribution is -0.313. The lowest BCUT2D eigenvalue weighted by Crippen LogP contribution is -2.55. The quantitative estimate of drug-likeness (QED) is 0.897. The van der Waals surface area contributed by atoms with Crippen LogP contribution in [0.1, 0.15) is 32.1 Å². The number of carboxylic acids is 1. The minimum Gasteiger partial charge on any atom is -0.548 e. The van der Waals surface area contributed by atoms with Gasteiger partial charge in [0.15, 0.2) is 0 Å². The Morgan fingerprint density at radius 2 is 2.00 bits per heavy atom. The summed E-state index contributed by atoms with van der Waals surface area (Å²) >= 11 is 5.88. The Hall–Kier alpha value is -1.22. The molecule has 1 aromatic carbocycles. The summed E-state index contributed by atoms with van der Waals surface area (Å²) in [5.41, 5.74) is -0.188. The van der Waals surface area contributed by atoms with Crippen molar-refractivity contribution in [3.63, 3.8) is 0 Å². The summed E-state index contributed by atoms with van der Waals surface area (Å²) in [6.07, 6.45) is 4.15. The van der Waals surface area contributed by atoms with Gasteiger partial charge in [-0.1, -0.05) is 36.9 Å². The minimum absolute atomic E-state index is 0.597. The average molecular weight is 253 g/mol. The molecule has 0 bridgehead atoms. The van der Waals surface area contributed by atoms with Crippen molar-refractivity contribution in [2.45, 2.75) is 37.6 Å². The molecule has 0 amide bonds. The van der Waals surface area contributed by atoms with Gasteiger partial charge in [0.1, 0.15) is 0 Å². The van der Waals surface area contributed by atoms with Gasteiger partial charge in [-0.25, -0.2) is 0 Å². The number of anilines is 1. The van der Waals surface area contributed by atoms with Gasteiger partial charge in [0.2, 0.25) is 0 Å². The molecule has 0 aliphatic heterocycles. The van der Waals surface area contributed by atoms with Gasteiger partial charge in [-0.3, -0.25) is 0 Å². The first kappa shape index (κ1) is 12.2. The maximum Gasteiger partial charge on any atom is 0.0769 e. The summed E-state index contributed by atoms with van der Waals surface area (Å²) < 4.78 is 0. The second-order valence-electron chi connectivity index (χ2n) is 4.57. The van der Waals surface area contributed by atoms with Crippen molar-refractivity contribution >= 4 is 23.3 Å². The van der Waals surface area contributed by atoms with E-state index >= 15 is 0 Å². The van der Waals surface area contributed by atoms with Crippen LogP contribution in [0.5, 0.6) is 0 Å². The highest BCUT2D eigenvalue weighted by molar-refractivity contribution is 6.30. The number of halogens is 1. The van der Waals surface area contributed by atoms with Gasteiger partial charge >= 0.3 is 0 Å². The lowest BCUT2D eigenvalue weighted by Gasteiger charge is -2.39. The van der Waals surface area contributed by atoms with E-state index in [4.69, 9.17) is 11.6 Å². The molecule has 0 spiro atoms. The Labute approximate surface area is 106 Å². The third-order valence-corrected chi connectivity index (χ3v) is 3.54. The van der Waals surface area contributed by atoms with Crippen molar-refractivity contribution in [3.8, 4) is 0 Å². The molecular formula is C13H15ClNO2-. The van der Waals surface area contributed by atoms with Gasteiger partial charge in [-0.2, -0.15) is 0 Å². The van der Waals surface area contributed by atoms with Crippen LogP contribution in [0.25, 0.3) is 0 Å². The molecule has 0 radical (unpaired) electrons. The minimum atomic E-state index is -1.02. The van der Waals surface area contributed by atoms with E-state index in [0.717, 1.165) is 24.9 Å². The van der Waals surface area contributed by atoms with E-state index in [1.54, 1.807) is 18.2 Å². The lowest BCUT2D eigenvalue weighted by atomic mass is 9.81. The van der Waals surface area contributed by atoms with Crippen molar-refractivity contribution in [3.05, 3.63) is 29.3 Å². The standard InChI is InChI=1S/C13H16ClNO2/c14-10-5-4-6-11(9-10)15-13(12(16)17)7-2-1-3-8-13/h4-6,9,15H,1-3,7-8H2,(H,16,17)/p-1.